The number of aliphatic hydroxyl groups is 1. The molecule has 2 fully saturated rings. The average molecular weight is 388 g/mol. The van der Waals surface area contributed by atoms with Crippen molar-refractivity contribution in [3.8, 4) is 11.5 Å². The molecule has 1 aliphatic carbocycles. The van der Waals surface area contributed by atoms with Crippen LogP contribution in [0.1, 0.15) is 32.1 Å². The van der Waals surface area contributed by atoms with Crippen LogP contribution in [0, 0.1) is 5.41 Å². The van der Waals surface area contributed by atoms with Crippen molar-refractivity contribution in [2.75, 3.05) is 13.1 Å². The molecule has 2 aliphatic rings. The standard InChI is InChI=1S/C21H25NO4S/c23-20-8-4-13-21(20)14-5-15-22(16-21)27(24,25)19-11-9-18(10-12-19)26-17-6-2-1-3-7-17/h1-3,6-7,9-12,20,23H,4-5,8,13-16H2/t20-,21-/m1/s1. The predicted molar refractivity (Wildman–Crippen MR) is 103 cm³/mol. The van der Waals surface area contributed by atoms with Gasteiger partial charge < -0.3 is 9.84 Å². The van der Waals surface area contributed by atoms with Crippen LogP contribution in [0.25, 0.3) is 0 Å². The van der Waals surface area contributed by atoms with E-state index in [4.69, 9.17) is 4.74 Å². The third-order valence-corrected chi connectivity index (χ3v) is 7.73. The Labute approximate surface area is 160 Å². The Bertz CT molecular complexity index is 882. The number of sulfonamides is 1. The fourth-order valence-corrected chi connectivity index (χ4v) is 5.95. The summed E-state index contributed by atoms with van der Waals surface area (Å²) in [5.74, 6) is 1.31. The van der Waals surface area contributed by atoms with Crippen LogP contribution < -0.4 is 4.74 Å². The summed E-state index contributed by atoms with van der Waals surface area (Å²) in [6, 6.07) is 16.0. The van der Waals surface area contributed by atoms with E-state index in [1.165, 1.54) is 0 Å². The van der Waals surface area contributed by atoms with Crippen LogP contribution in [0.4, 0.5) is 0 Å². The molecule has 0 aromatic heterocycles. The van der Waals surface area contributed by atoms with E-state index < -0.39 is 16.1 Å². The van der Waals surface area contributed by atoms with Crippen molar-refractivity contribution in [3.05, 3.63) is 54.6 Å². The molecule has 1 saturated carbocycles. The fraction of sp³-hybridized carbons (Fsp3) is 0.429. The Kier molecular flexibility index (Phi) is 4.97. The summed E-state index contributed by atoms with van der Waals surface area (Å²) in [7, 11) is -3.57. The SMILES string of the molecule is O=S(=O)(c1ccc(Oc2ccccc2)cc1)N1CCC[C@]2(CCC[C@H]2O)C1. The molecule has 0 radical (unpaired) electrons. The van der Waals surface area contributed by atoms with Gasteiger partial charge in [-0.2, -0.15) is 4.31 Å². The number of hydrogen-bond donors (Lipinski definition) is 1. The highest BCUT2D eigenvalue weighted by molar-refractivity contribution is 7.89. The highest BCUT2D eigenvalue weighted by Gasteiger charge is 2.47. The molecule has 2 aromatic rings. The van der Waals surface area contributed by atoms with E-state index in [0.29, 0.717) is 24.6 Å². The Morgan fingerprint density at radius 2 is 1.63 bits per heavy atom. The highest BCUT2D eigenvalue weighted by atomic mass is 32.2. The van der Waals surface area contributed by atoms with Crippen LogP contribution in [-0.4, -0.2) is 37.0 Å². The van der Waals surface area contributed by atoms with Gasteiger partial charge in [0, 0.05) is 18.5 Å². The normalized spacial score (nSPS) is 26.3. The van der Waals surface area contributed by atoms with E-state index in [1.54, 1.807) is 28.6 Å². The van der Waals surface area contributed by atoms with Gasteiger partial charge in [-0.25, -0.2) is 8.42 Å². The molecule has 1 heterocycles. The smallest absolute Gasteiger partial charge is 0.243 e. The van der Waals surface area contributed by atoms with Crippen LogP contribution in [0.2, 0.25) is 0 Å². The van der Waals surface area contributed by atoms with Gasteiger partial charge >= 0.3 is 0 Å². The number of benzene rings is 2. The van der Waals surface area contributed by atoms with E-state index in [1.807, 2.05) is 30.3 Å². The van der Waals surface area contributed by atoms with E-state index in [0.717, 1.165) is 32.1 Å². The lowest BCUT2D eigenvalue weighted by atomic mass is 9.77. The molecule has 0 unspecified atom stereocenters. The van der Waals surface area contributed by atoms with Crippen LogP contribution in [-0.2, 0) is 10.0 Å². The molecule has 1 N–H and O–H groups in total. The van der Waals surface area contributed by atoms with E-state index in [2.05, 4.69) is 0 Å². The lowest BCUT2D eigenvalue weighted by Gasteiger charge is -2.41. The summed E-state index contributed by atoms with van der Waals surface area (Å²) in [5, 5.41) is 10.4. The molecule has 1 saturated heterocycles. The van der Waals surface area contributed by atoms with Gasteiger partial charge in [-0.3, -0.25) is 0 Å². The van der Waals surface area contributed by atoms with Crippen LogP contribution in [0.3, 0.4) is 0 Å². The van der Waals surface area contributed by atoms with Gasteiger partial charge in [0.1, 0.15) is 11.5 Å². The number of nitrogens with zero attached hydrogens (tertiary/aromatic N) is 1. The summed E-state index contributed by atoms with van der Waals surface area (Å²) in [5.41, 5.74) is -0.262. The zero-order chi connectivity index (χ0) is 18.9. The first-order valence-electron chi connectivity index (χ1n) is 9.51. The van der Waals surface area contributed by atoms with Gasteiger partial charge in [0.15, 0.2) is 0 Å². The Hall–Kier alpha value is -1.89. The summed E-state index contributed by atoms with van der Waals surface area (Å²) in [6.07, 6.45) is 3.97. The van der Waals surface area contributed by atoms with Crippen molar-refractivity contribution in [2.24, 2.45) is 5.41 Å². The van der Waals surface area contributed by atoms with Gasteiger partial charge in [0.05, 0.1) is 11.0 Å². The molecule has 1 spiro atoms. The summed E-state index contributed by atoms with van der Waals surface area (Å²) in [4.78, 5) is 0.271. The van der Waals surface area contributed by atoms with Crippen LogP contribution in [0.5, 0.6) is 11.5 Å². The molecule has 0 bridgehead atoms. The van der Waals surface area contributed by atoms with Crippen molar-refractivity contribution >= 4 is 10.0 Å². The molecule has 5 nitrogen and oxygen atoms in total. The van der Waals surface area contributed by atoms with E-state index in [9.17, 15) is 13.5 Å². The molecular weight excluding hydrogens is 362 g/mol. The number of ether oxygens (including phenoxy) is 1. The highest BCUT2D eigenvalue weighted by Crippen LogP contribution is 2.46. The quantitative estimate of drug-likeness (QED) is 0.867. The second kappa shape index (κ2) is 7.26. The lowest BCUT2D eigenvalue weighted by Crippen LogP contribution is -2.49. The Balaban J connectivity index is 1.51. The first kappa shape index (κ1) is 18.5. The monoisotopic (exact) mass is 387 g/mol. The number of rotatable bonds is 4. The molecule has 4 rings (SSSR count). The van der Waals surface area contributed by atoms with Crippen molar-refractivity contribution < 1.29 is 18.3 Å². The first-order valence-corrected chi connectivity index (χ1v) is 10.9. The van der Waals surface area contributed by atoms with E-state index >= 15 is 0 Å². The molecule has 1 aliphatic heterocycles. The summed E-state index contributed by atoms with van der Waals surface area (Å²) >= 11 is 0. The molecule has 2 atom stereocenters. The van der Waals surface area contributed by atoms with Crippen molar-refractivity contribution in [2.45, 2.75) is 43.1 Å². The predicted octanol–water partition coefficient (Wildman–Crippen LogP) is 3.79. The minimum Gasteiger partial charge on any atom is -0.457 e. The average Bonchev–Trinajstić information content (AvgIpc) is 3.02. The fourth-order valence-electron chi connectivity index (χ4n) is 4.37. The van der Waals surface area contributed by atoms with Crippen LogP contribution in [0.15, 0.2) is 59.5 Å². The third kappa shape index (κ3) is 3.61. The summed E-state index contributed by atoms with van der Waals surface area (Å²) in [6.45, 7) is 0.928. The second-order valence-corrected chi connectivity index (χ2v) is 9.54. The number of para-hydroxylation sites is 1. The van der Waals surface area contributed by atoms with Crippen LogP contribution >= 0.6 is 0 Å². The van der Waals surface area contributed by atoms with Crippen molar-refractivity contribution in [1.29, 1.82) is 0 Å². The summed E-state index contributed by atoms with van der Waals surface area (Å²) < 4.78 is 33.5. The molecular formula is C21H25NO4S. The largest absolute Gasteiger partial charge is 0.457 e. The maximum absolute atomic E-state index is 13.1. The second-order valence-electron chi connectivity index (χ2n) is 7.60. The van der Waals surface area contributed by atoms with Gasteiger partial charge in [0.2, 0.25) is 10.0 Å². The number of aliphatic hydroxyl groups excluding tert-OH is 1. The molecule has 27 heavy (non-hydrogen) atoms. The van der Waals surface area contributed by atoms with Gasteiger partial charge in [-0.15, -0.1) is 0 Å². The lowest BCUT2D eigenvalue weighted by molar-refractivity contribution is 0.0127. The minimum absolute atomic E-state index is 0.262. The topological polar surface area (TPSA) is 66.8 Å². The first-order chi connectivity index (χ1) is 13.0. The maximum atomic E-state index is 13.1. The van der Waals surface area contributed by atoms with Gasteiger partial charge in [0.25, 0.3) is 0 Å². The maximum Gasteiger partial charge on any atom is 0.243 e. The molecule has 144 valence electrons. The zero-order valence-corrected chi connectivity index (χ0v) is 16.1. The minimum atomic E-state index is -3.57. The van der Waals surface area contributed by atoms with Crippen molar-refractivity contribution in [1.82, 2.24) is 4.31 Å². The third-order valence-electron chi connectivity index (χ3n) is 5.87. The molecule has 2 aromatic carbocycles. The molecule has 6 heteroatoms. The zero-order valence-electron chi connectivity index (χ0n) is 15.3. The Morgan fingerprint density at radius 3 is 2.30 bits per heavy atom. The van der Waals surface area contributed by atoms with Gasteiger partial charge in [-0.1, -0.05) is 24.6 Å². The van der Waals surface area contributed by atoms with Crippen molar-refractivity contribution in [3.63, 3.8) is 0 Å². The molecule has 0 amide bonds. The van der Waals surface area contributed by atoms with E-state index in [-0.39, 0.29) is 10.3 Å². The Morgan fingerprint density at radius 1 is 0.963 bits per heavy atom. The number of piperidine rings is 1. The number of hydrogen-bond acceptors (Lipinski definition) is 4. The van der Waals surface area contributed by atoms with Gasteiger partial charge in [-0.05, 0) is 62.1 Å².